The average Bonchev–Trinajstić information content (AvgIpc) is 3.03. The van der Waals surface area contributed by atoms with E-state index in [-0.39, 0.29) is 42.8 Å². The summed E-state index contributed by atoms with van der Waals surface area (Å²) in [4.78, 5) is 16.0. The number of fused-ring (bicyclic) bond motifs is 1. The van der Waals surface area contributed by atoms with E-state index in [9.17, 15) is 4.79 Å². The van der Waals surface area contributed by atoms with Gasteiger partial charge in [-0.15, -0.1) is 36.2 Å². The lowest BCUT2D eigenvalue weighted by atomic mass is 10.0. The van der Waals surface area contributed by atoms with Crippen molar-refractivity contribution in [1.82, 2.24) is 10.2 Å². The number of thiophene rings is 1. The Morgan fingerprint density at radius 1 is 1.27 bits per heavy atom. The summed E-state index contributed by atoms with van der Waals surface area (Å²) in [6, 6.07) is 12.8. The zero-order chi connectivity index (χ0) is 16.9. The highest BCUT2D eigenvalue weighted by molar-refractivity contribution is 7.10. The molecule has 1 aliphatic rings. The van der Waals surface area contributed by atoms with Gasteiger partial charge in [-0.2, -0.15) is 0 Å². The van der Waals surface area contributed by atoms with Crippen LogP contribution in [0.5, 0.6) is 0 Å². The van der Waals surface area contributed by atoms with Gasteiger partial charge in [-0.05, 0) is 35.9 Å². The average molecular weight is 416 g/mol. The molecule has 0 fully saturated rings. The second kappa shape index (κ2) is 10.9. The Kier molecular flexibility index (Phi) is 9.61. The van der Waals surface area contributed by atoms with Gasteiger partial charge >= 0.3 is 0 Å². The lowest BCUT2D eigenvalue weighted by molar-refractivity contribution is -0.121. The minimum atomic E-state index is -0.108. The largest absolute Gasteiger partial charge is 0.354 e. The summed E-state index contributed by atoms with van der Waals surface area (Å²) in [5.41, 5.74) is 8.40. The Bertz CT molecular complexity index is 678. The maximum atomic E-state index is 12.0. The highest BCUT2D eigenvalue weighted by Gasteiger charge is 2.25. The van der Waals surface area contributed by atoms with Gasteiger partial charge in [-0.1, -0.05) is 30.3 Å². The minimum absolute atomic E-state index is 0. The number of nitrogens with zero attached hydrogens (tertiary/aromatic N) is 1. The summed E-state index contributed by atoms with van der Waals surface area (Å²) in [6.45, 7) is 4.45. The molecule has 0 saturated heterocycles. The molecule has 4 nitrogen and oxygen atoms in total. The number of hydrogen-bond donors (Lipinski definition) is 2. The van der Waals surface area contributed by atoms with Gasteiger partial charge in [0.15, 0.2) is 0 Å². The molecule has 7 heteroatoms. The minimum Gasteiger partial charge on any atom is -0.354 e. The van der Waals surface area contributed by atoms with Crippen molar-refractivity contribution in [2.24, 2.45) is 5.73 Å². The third-order valence-electron chi connectivity index (χ3n) is 4.46. The van der Waals surface area contributed by atoms with E-state index in [0.29, 0.717) is 13.0 Å². The maximum absolute atomic E-state index is 12.0. The third-order valence-corrected chi connectivity index (χ3v) is 5.49. The molecule has 2 heterocycles. The summed E-state index contributed by atoms with van der Waals surface area (Å²) >= 11 is 1.85. The molecule has 2 atom stereocenters. The van der Waals surface area contributed by atoms with E-state index in [1.165, 1.54) is 16.0 Å². The predicted octanol–water partition coefficient (Wildman–Crippen LogP) is 3.54. The quantitative estimate of drug-likeness (QED) is 0.757. The molecule has 0 radical (unpaired) electrons. The second-order valence-electron chi connectivity index (χ2n) is 6.50. The molecule has 3 rings (SSSR count). The molecule has 1 aliphatic heterocycles. The molecule has 1 aromatic heterocycles. The molecular formula is C19H27Cl2N3OS. The Hall–Kier alpha value is -1.11. The number of benzene rings is 1. The van der Waals surface area contributed by atoms with E-state index in [2.05, 4.69) is 45.9 Å². The van der Waals surface area contributed by atoms with Gasteiger partial charge in [0.2, 0.25) is 5.91 Å². The fourth-order valence-corrected chi connectivity index (χ4v) is 4.13. The number of rotatable bonds is 6. The molecular weight excluding hydrogens is 389 g/mol. The van der Waals surface area contributed by atoms with Crippen LogP contribution < -0.4 is 11.1 Å². The van der Waals surface area contributed by atoms with E-state index in [0.717, 1.165) is 19.5 Å². The molecule has 2 aromatic rings. The number of nitrogens with two attached hydrogens (primary N) is 1. The highest BCUT2D eigenvalue weighted by atomic mass is 35.5. The van der Waals surface area contributed by atoms with Gasteiger partial charge in [0.25, 0.3) is 0 Å². The van der Waals surface area contributed by atoms with Crippen LogP contribution in [0, 0.1) is 0 Å². The lowest BCUT2D eigenvalue weighted by Gasteiger charge is -2.35. The first-order valence-electron chi connectivity index (χ1n) is 8.50. The Balaban J connectivity index is 0.00000169. The van der Waals surface area contributed by atoms with E-state index in [1.807, 2.05) is 24.3 Å². The molecule has 26 heavy (non-hydrogen) atoms. The normalized spacial score (nSPS) is 15.8. The number of carbonyl (C=O) groups is 1. The molecule has 0 bridgehead atoms. The van der Waals surface area contributed by atoms with Gasteiger partial charge in [0.05, 0.1) is 6.04 Å². The van der Waals surface area contributed by atoms with Crippen molar-refractivity contribution in [2.45, 2.75) is 38.4 Å². The van der Waals surface area contributed by atoms with Crippen LogP contribution in [0.15, 0.2) is 41.8 Å². The molecule has 0 aliphatic carbocycles. The zero-order valence-corrected chi connectivity index (χ0v) is 17.3. The van der Waals surface area contributed by atoms with Gasteiger partial charge in [0, 0.05) is 37.0 Å². The monoisotopic (exact) mass is 415 g/mol. The first kappa shape index (κ1) is 22.9. The molecule has 144 valence electrons. The van der Waals surface area contributed by atoms with Crippen molar-refractivity contribution in [1.29, 1.82) is 0 Å². The Labute approximate surface area is 172 Å². The lowest BCUT2D eigenvalue weighted by Crippen LogP contribution is -2.41. The number of halogens is 2. The molecule has 0 saturated carbocycles. The molecule has 3 N–H and O–H groups in total. The first-order valence-corrected chi connectivity index (χ1v) is 9.38. The van der Waals surface area contributed by atoms with Crippen LogP contribution in [0.25, 0.3) is 0 Å². The number of hydrogen-bond acceptors (Lipinski definition) is 4. The van der Waals surface area contributed by atoms with Crippen LogP contribution in [0.3, 0.4) is 0 Å². The van der Waals surface area contributed by atoms with Crippen molar-refractivity contribution >= 4 is 42.1 Å². The van der Waals surface area contributed by atoms with E-state index in [1.54, 1.807) is 0 Å². The summed E-state index contributed by atoms with van der Waals surface area (Å²) in [5.74, 6) is 0.0270. The van der Waals surface area contributed by atoms with Gasteiger partial charge in [0.1, 0.15) is 0 Å². The van der Waals surface area contributed by atoms with Crippen molar-refractivity contribution in [3.05, 3.63) is 57.8 Å². The maximum Gasteiger partial charge on any atom is 0.221 e. The Morgan fingerprint density at radius 3 is 2.69 bits per heavy atom. The smallest absolute Gasteiger partial charge is 0.221 e. The van der Waals surface area contributed by atoms with E-state index >= 15 is 0 Å². The third kappa shape index (κ3) is 5.96. The van der Waals surface area contributed by atoms with Crippen molar-refractivity contribution in [3.63, 3.8) is 0 Å². The van der Waals surface area contributed by atoms with Crippen molar-refractivity contribution in [3.8, 4) is 0 Å². The predicted molar refractivity (Wildman–Crippen MR) is 113 cm³/mol. The standard InChI is InChI=1S/C19H25N3OS.2ClH/c1-14(20)11-19(23)21-12-17(15-5-3-2-4-6-15)22-9-7-18-16(13-22)8-10-24-18;;/h2-6,8,10,14,17H,7,9,11-13,20H2,1H3,(H,21,23);2*1H. The van der Waals surface area contributed by atoms with Crippen LogP contribution in [0.4, 0.5) is 0 Å². The fraction of sp³-hybridized carbons (Fsp3) is 0.421. The van der Waals surface area contributed by atoms with Gasteiger partial charge < -0.3 is 11.1 Å². The van der Waals surface area contributed by atoms with Crippen molar-refractivity contribution < 1.29 is 4.79 Å². The summed E-state index contributed by atoms with van der Waals surface area (Å²) in [6.07, 6.45) is 1.46. The zero-order valence-electron chi connectivity index (χ0n) is 14.9. The van der Waals surface area contributed by atoms with Crippen LogP contribution in [-0.4, -0.2) is 29.9 Å². The van der Waals surface area contributed by atoms with Crippen LogP contribution in [0.2, 0.25) is 0 Å². The molecule has 0 spiro atoms. The van der Waals surface area contributed by atoms with Gasteiger partial charge in [-0.3, -0.25) is 9.69 Å². The number of nitrogens with one attached hydrogen (secondary N) is 1. The molecule has 2 unspecified atom stereocenters. The van der Waals surface area contributed by atoms with Crippen LogP contribution in [-0.2, 0) is 17.8 Å². The molecule has 1 aromatic carbocycles. The van der Waals surface area contributed by atoms with Gasteiger partial charge in [-0.25, -0.2) is 0 Å². The van der Waals surface area contributed by atoms with Crippen LogP contribution in [0.1, 0.15) is 35.4 Å². The number of carbonyl (C=O) groups excluding carboxylic acids is 1. The number of amides is 1. The highest BCUT2D eigenvalue weighted by Crippen LogP contribution is 2.30. The van der Waals surface area contributed by atoms with E-state index in [4.69, 9.17) is 5.73 Å². The topological polar surface area (TPSA) is 58.4 Å². The Morgan fingerprint density at radius 2 is 2.00 bits per heavy atom. The van der Waals surface area contributed by atoms with E-state index < -0.39 is 0 Å². The van der Waals surface area contributed by atoms with Crippen LogP contribution >= 0.6 is 36.2 Å². The molecule has 1 amide bonds. The second-order valence-corrected chi connectivity index (χ2v) is 7.50. The first-order chi connectivity index (χ1) is 11.6. The fourth-order valence-electron chi connectivity index (χ4n) is 3.24. The summed E-state index contributed by atoms with van der Waals surface area (Å²) in [5, 5.41) is 5.25. The summed E-state index contributed by atoms with van der Waals surface area (Å²) in [7, 11) is 0. The van der Waals surface area contributed by atoms with Crippen molar-refractivity contribution in [2.75, 3.05) is 13.1 Å². The summed E-state index contributed by atoms with van der Waals surface area (Å²) < 4.78 is 0. The SMILES string of the molecule is CC(N)CC(=O)NCC(c1ccccc1)N1CCc2sccc2C1.Cl.Cl.